The van der Waals surface area contributed by atoms with E-state index in [1.54, 1.807) is 23.9 Å². The molecule has 0 radical (unpaired) electrons. The standard InChI is InChI=1S/C13H11FN2S/c1-8-6-11-13(15-7-17-11)16-12(8)9-4-2-3-5-10(9)14/h2-6H,7H2,1H3,(H,15,16). The predicted octanol–water partition coefficient (Wildman–Crippen LogP) is 3.67. The third kappa shape index (κ3) is 1.78. The van der Waals surface area contributed by atoms with Gasteiger partial charge in [0.25, 0.3) is 0 Å². The number of hydrogen-bond acceptors (Lipinski definition) is 3. The van der Waals surface area contributed by atoms with Gasteiger partial charge in [-0.15, -0.1) is 11.8 Å². The van der Waals surface area contributed by atoms with Crippen LogP contribution in [0, 0.1) is 12.7 Å². The van der Waals surface area contributed by atoms with Crippen molar-refractivity contribution < 1.29 is 4.39 Å². The van der Waals surface area contributed by atoms with Crippen LogP contribution >= 0.6 is 11.8 Å². The molecule has 2 heterocycles. The van der Waals surface area contributed by atoms with E-state index in [4.69, 9.17) is 0 Å². The van der Waals surface area contributed by atoms with Crippen LogP contribution in [0.5, 0.6) is 0 Å². The molecule has 2 aromatic rings. The van der Waals surface area contributed by atoms with Gasteiger partial charge in [-0.1, -0.05) is 12.1 Å². The van der Waals surface area contributed by atoms with Gasteiger partial charge in [-0.25, -0.2) is 9.37 Å². The number of benzene rings is 1. The molecule has 0 atom stereocenters. The molecular formula is C13H11FN2S. The van der Waals surface area contributed by atoms with Crippen molar-refractivity contribution in [1.29, 1.82) is 0 Å². The van der Waals surface area contributed by atoms with Crippen molar-refractivity contribution in [3.63, 3.8) is 0 Å². The molecule has 2 nitrogen and oxygen atoms in total. The van der Waals surface area contributed by atoms with E-state index in [-0.39, 0.29) is 5.82 Å². The molecule has 0 bridgehead atoms. The van der Waals surface area contributed by atoms with Crippen LogP contribution in [-0.4, -0.2) is 10.9 Å². The number of aryl methyl sites for hydroxylation is 1. The van der Waals surface area contributed by atoms with Crippen LogP contribution < -0.4 is 5.32 Å². The van der Waals surface area contributed by atoms with Gasteiger partial charge in [0.15, 0.2) is 0 Å². The van der Waals surface area contributed by atoms with Crippen molar-refractivity contribution in [1.82, 2.24) is 4.98 Å². The number of thioether (sulfide) groups is 1. The summed E-state index contributed by atoms with van der Waals surface area (Å²) in [6.45, 7) is 1.97. The van der Waals surface area contributed by atoms with Gasteiger partial charge in [-0.3, -0.25) is 0 Å². The van der Waals surface area contributed by atoms with Gasteiger partial charge in [0, 0.05) is 5.56 Å². The maximum absolute atomic E-state index is 13.7. The molecule has 17 heavy (non-hydrogen) atoms. The molecule has 1 N–H and O–H groups in total. The maximum Gasteiger partial charge on any atom is 0.141 e. The van der Waals surface area contributed by atoms with E-state index < -0.39 is 0 Å². The predicted molar refractivity (Wildman–Crippen MR) is 68.7 cm³/mol. The fraction of sp³-hybridized carbons (Fsp3) is 0.154. The SMILES string of the molecule is Cc1cc2c(nc1-c1ccccc1F)NCS2. The molecule has 0 saturated heterocycles. The van der Waals surface area contributed by atoms with Gasteiger partial charge in [-0.2, -0.15) is 0 Å². The van der Waals surface area contributed by atoms with Crippen LogP contribution in [0.1, 0.15) is 5.56 Å². The third-order valence-corrected chi connectivity index (χ3v) is 3.69. The first-order valence-electron chi connectivity index (χ1n) is 5.39. The number of nitrogens with zero attached hydrogens (tertiary/aromatic N) is 1. The molecular weight excluding hydrogens is 235 g/mol. The Labute approximate surface area is 103 Å². The molecule has 0 spiro atoms. The summed E-state index contributed by atoms with van der Waals surface area (Å²) in [4.78, 5) is 5.65. The normalized spacial score (nSPS) is 13.3. The van der Waals surface area contributed by atoms with Gasteiger partial charge in [0.05, 0.1) is 16.5 Å². The smallest absolute Gasteiger partial charge is 0.141 e. The Morgan fingerprint density at radius 2 is 2.18 bits per heavy atom. The summed E-state index contributed by atoms with van der Waals surface area (Å²) < 4.78 is 13.7. The van der Waals surface area contributed by atoms with Crippen molar-refractivity contribution >= 4 is 17.6 Å². The Morgan fingerprint density at radius 1 is 1.35 bits per heavy atom. The molecule has 1 aromatic heterocycles. The van der Waals surface area contributed by atoms with Gasteiger partial charge in [-0.05, 0) is 30.7 Å². The highest BCUT2D eigenvalue weighted by molar-refractivity contribution is 7.99. The maximum atomic E-state index is 13.7. The molecule has 1 aliphatic rings. The Morgan fingerprint density at radius 3 is 3.00 bits per heavy atom. The second-order valence-electron chi connectivity index (χ2n) is 3.95. The second-order valence-corrected chi connectivity index (χ2v) is 4.96. The van der Waals surface area contributed by atoms with Crippen molar-refractivity contribution in [2.75, 3.05) is 11.2 Å². The van der Waals surface area contributed by atoms with Gasteiger partial charge in [0.2, 0.25) is 0 Å². The monoisotopic (exact) mass is 246 g/mol. The van der Waals surface area contributed by atoms with Crippen molar-refractivity contribution in [2.24, 2.45) is 0 Å². The lowest BCUT2D eigenvalue weighted by molar-refractivity contribution is 0.630. The highest BCUT2D eigenvalue weighted by atomic mass is 32.2. The Kier molecular flexibility index (Phi) is 2.52. The van der Waals surface area contributed by atoms with Crippen LogP contribution in [0.4, 0.5) is 10.2 Å². The summed E-state index contributed by atoms with van der Waals surface area (Å²) in [5.74, 6) is 1.47. The summed E-state index contributed by atoms with van der Waals surface area (Å²) in [6.07, 6.45) is 0. The summed E-state index contributed by atoms with van der Waals surface area (Å²) in [5, 5.41) is 3.19. The first kappa shape index (κ1) is 10.6. The molecule has 1 aromatic carbocycles. The number of rotatable bonds is 1. The number of hydrogen-bond donors (Lipinski definition) is 1. The first-order valence-corrected chi connectivity index (χ1v) is 6.37. The van der Waals surface area contributed by atoms with Gasteiger partial charge < -0.3 is 5.32 Å². The quantitative estimate of drug-likeness (QED) is 0.831. The van der Waals surface area contributed by atoms with Gasteiger partial charge >= 0.3 is 0 Å². The molecule has 4 heteroatoms. The zero-order valence-corrected chi connectivity index (χ0v) is 10.1. The molecule has 0 unspecified atom stereocenters. The van der Waals surface area contributed by atoms with E-state index in [2.05, 4.69) is 16.4 Å². The van der Waals surface area contributed by atoms with Crippen molar-refractivity contribution in [3.8, 4) is 11.3 Å². The number of fused-ring (bicyclic) bond motifs is 1. The molecule has 0 fully saturated rings. The number of nitrogens with one attached hydrogen (secondary N) is 1. The Balaban J connectivity index is 2.19. The van der Waals surface area contributed by atoms with E-state index in [0.717, 1.165) is 27.8 Å². The number of halogens is 1. The van der Waals surface area contributed by atoms with Crippen molar-refractivity contribution in [2.45, 2.75) is 11.8 Å². The average molecular weight is 246 g/mol. The summed E-state index contributed by atoms with van der Waals surface area (Å²) in [5.41, 5.74) is 2.29. The number of aromatic nitrogens is 1. The first-order chi connectivity index (χ1) is 8.25. The highest BCUT2D eigenvalue weighted by Gasteiger charge is 2.17. The molecule has 0 aliphatic carbocycles. The lowest BCUT2D eigenvalue weighted by Crippen LogP contribution is -1.96. The zero-order chi connectivity index (χ0) is 11.8. The van der Waals surface area contributed by atoms with Crippen LogP contribution in [0.15, 0.2) is 35.2 Å². The van der Waals surface area contributed by atoms with Gasteiger partial charge in [0.1, 0.15) is 11.6 Å². The molecule has 86 valence electrons. The minimum absolute atomic E-state index is 0.228. The van der Waals surface area contributed by atoms with Crippen LogP contribution in [-0.2, 0) is 0 Å². The largest absolute Gasteiger partial charge is 0.360 e. The zero-order valence-electron chi connectivity index (χ0n) is 9.33. The van der Waals surface area contributed by atoms with Crippen molar-refractivity contribution in [3.05, 3.63) is 41.7 Å². The van der Waals surface area contributed by atoms with E-state index in [1.807, 2.05) is 13.0 Å². The minimum atomic E-state index is -0.228. The minimum Gasteiger partial charge on any atom is -0.360 e. The molecule has 1 aliphatic heterocycles. The second kappa shape index (κ2) is 4.04. The number of pyridine rings is 1. The molecule has 0 amide bonds. The molecule has 3 rings (SSSR count). The third-order valence-electron chi connectivity index (χ3n) is 2.77. The van der Waals surface area contributed by atoms with E-state index in [0.29, 0.717) is 5.56 Å². The van der Waals surface area contributed by atoms with Crippen LogP contribution in [0.25, 0.3) is 11.3 Å². The average Bonchev–Trinajstić information content (AvgIpc) is 2.76. The van der Waals surface area contributed by atoms with E-state index >= 15 is 0 Å². The van der Waals surface area contributed by atoms with E-state index in [1.165, 1.54) is 6.07 Å². The fourth-order valence-corrected chi connectivity index (χ4v) is 2.81. The summed E-state index contributed by atoms with van der Waals surface area (Å²) in [7, 11) is 0. The fourth-order valence-electron chi connectivity index (χ4n) is 1.93. The van der Waals surface area contributed by atoms with Crippen LogP contribution in [0.3, 0.4) is 0 Å². The van der Waals surface area contributed by atoms with E-state index in [9.17, 15) is 4.39 Å². The lowest BCUT2D eigenvalue weighted by atomic mass is 10.1. The summed E-state index contributed by atoms with van der Waals surface area (Å²) in [6, 6.07) is 8.81. The Bertz CT molecular complexity index is 584. The summed E-state index contributed by atoms with van der Waals surface area (Å²) >= 11 is 1.72. The lowest BCUT2D eigenvalue weighted by Gasteiger charge is -2.08. The molecule has 0 saturated carbocycles. The number of anilines is 1. The topological polar surface area (TPSA) is 24.9 Å². The van der Waals surface area contributed by atoms with Crippen LogP contribution in [0.2, 0.25) is 0 Å². The highest BCUT2D eigenvalue weighted by Crippen LogP contribution is 2.36. The Hall–Kier alpha value is -1.55.